The topological polar surface area (TPSA) is 99.6 Å². The van der Waals surface area contributed by atoms with Crippen molar-refractivity contribution in [1.82, 2.24) is 9.55 Å². The molecule has 2 unspecified atom stereocenters. The molecule has 1 N–H and O–H groups in total. The number of benzene rings is 1. The van der Waals surface area contributed by atoms with Crippen molar-refractivity contribution in [3.05, 3.63) is 69.0 Å². The zero-order chi connectivity index (χ0) is 19.8. The summed E-state index contributed by atoms with van der Waals surface area (Å²) in [6, 6.07) is 9.71. The monoisotopic (exact) mass is 376 g/mol. The van der Waals surface area contributed by atoms with Gasteiger partial charge in [0.15, 0.2) is 6.23 Å². The van der Waals surface area contributed by atoms with E-state index in [1.165, 1.54) is 16.8 Å². The predicted octanol–water partition coefficient (Wildman–Crippen LogP) is 1.72. The number of hydrogen-bond donors (Lipinski definition) is 1. The number of carbonyl (C=O) groups is 1. The first kappa shape index (κ1) is 20.6. The second-order valence-electron chi connectivity index (χ2n) is 5.96. The first-order chi connectivity index (χ1) is 13.0. The molecule has 146 valence electrons. The molecule has 0 aliphatic carbocycles. The zero-order valence-electron chi connectivity index (χ0n) is 15.6. The fourth-order valence-electron chi connectivity index (χ4n) is 2.54. The molecular weight excluding hydrogens is 352 g/mol. The van der Waals surface area contributed by atoms with Crippen molar-refractivity contribution in [2.24, 2.45) is 0 Å². The number of methoxy groups -OCH3 is 1. The largest absolute Gasteiger partial charge is 0.457 e. The second-order valence-corrected chi connectivity index (χ2v) is 5.96. The van der Waals surface area contributed by atoms with Gasteiger partial charge in [0, 0.05) is 19.4 Å². The van der Waals surface area contributed by atoms with Gasteiger partial charge in [0.25, 0.3) is 5.56 Å². The molecule has 0 aliphatic heterocycles. The van der Waals surface area contributed by atoms with Gasteiger partial charge >= 0.3 is 11.7 Å². The molecular formula is C19H24N2O6. The molecule has 1 heterocycles. The lowest BCUT2D eigenvalue weighted by atomic mass is 10.2. The van der Waals surface area contributed by atoms with Gasteiger partial charge < -0.3 is 14.2 Å². The number of aromatic nitrogens is 2. The Morgan fingerprint density at radius 2 is 1.89 bits per heavy atom. The Balaban J connectivity index is 2.22. The van der Waals surface area contributed by atoms with Crippen molar-refractivity contribution >= 4 is 5.97 Å². The average molecular weight is 376 g/mol. The molecule has 1 aromatic carbocycles. The maximum Gasteiger partial charge on any atom is 0.338 e. The summed E-state index contributed by atoms with van der Waals surface area (Å²) in [5.74, 6) is -0.533. The van der Waals surface area contributed by atoms with Crippen molar-refractivity contribution in [3.63, 3.8) is 0 Å². The van der Waals surface area contributed by atoms with Crippen LogP contribution in [0.3, 0.4) is 0 Å². The minimum atomic E-state index is -0.912. The van der Waals surface area contributed by atoms with Crippen LogP contribution in [-0.2, 0) is 14.2 Å². The van der Waals surface area contributed by atoms with Gasteiger partial charge in [0.05, 0.1) is 17.8 Å². The Kier molecular flexibility index (Phi) is 7.51. The highest BCUT2D eigenvalue weighted by Gasteiger charge is 2.24. The smallest absolute Gasteiger partial charge is 0.338 e. The van der Waals surface area contributed by atoms with E-state index in [1.807, 2.05) is 13.8 Å². The summed E-state index contributed by atoms with van der Waals surface area (Å²) >= 11 is 0. The number of aromatic amines is 1. The van der Waals surface area contributed by atoms with Crippen LogP contribution in [0.5, 0.6) is 0 Å². The number of rotatable bonds is 9. The maximum absolute atomic E-state index is 12.2. The van der Waals surface area contributed by atoms with E-state index in [0.717, 1.165) is 0 Å². The minimum Gasteiger partial charge on any atom is -0.457 e. The Hall–Kier alpha value is -2.71. The molecule has 3 atom stereocenters. The molecule has 0 aliphatic rings. The highest BCUT2D eigenvalue weighted by Crippen LogP contribution is 2.17. The molecule has 1 aromatic heterocycles. The van der Waals surface area contributed by atoms with Crippen LogP contribution in [0.25, 0.3) is 0 Å². The molecule has 0 bridgehead atoms. The number of nitrogens with zero attached hydrogens (tertiary/aromatic N) is 1. The quantitative estimate of drug-likeness (QED) is 0.669. The standard InChI is InChI=1S/C19H24N2O6/c1-4-15(13(2)25-3)27-17(21-11-10-16(22)20-19(21)24)12-26-18(23)14-8-6-5-7-9-14/h5-11,13,15,17H,4,12H2,1-3H3,(H,20,22,24)/t13-,15?,17?/m0/s1. The van der Waals surface area contributed by atoms with E-state index in [0.29, 0.717) is 12.0 Å². The first-order valence-corrected chi connectivity index (χ1v) is 8.68. The minimum absolute atomic E-state index is 0.202. The van der Waals surface area contributed by atoms with Crippen LogP contribution >= 0.6 is 0 Å². The van der Waals surface area contributed by atoms with Crippen molar-refractivity contribution in [3.8, 4) is 0 Å². The van der Waals surface area contributed by atoms with Gasteiger partial charge in [0.1, 0.15) is 6.61 Å². The molecule has 8 heteroatoms. The van der Waals surface area contributed by atoms with Gasteiger partial charge in [-0.2, -0.15) is 0 Å². The summed E-state index contributed by atoms with van der Waals surface area (Å²) in [4.78, 5) is 37.9. The van der Waals surface area contributed by atoms with Crippen molar-refractivity contribution in [2.75, 3.05) is 13.7 Å². The van der Waals surface area contributed by atoms with Crippen molar-refractivity contribution in [2.45, 2.75) is 38.7 Å². The van der Waals surface area contributed by atoms with Crippen LogP contribution in [0.4, 0.5) is 0 Å². The second kappa shape index (κ2) is 9.84. The molecule has 8 nitrogen and oxygen atoms in total. The van der Waals surface area contributed by atoms with E-state index in [1.54, 1.807) is 37.4 Å². The van der Waals surface area contributed by atoms with Crippen LogP contribution in [0.1, 0.15) is 36.9 Å². The van der Waals surface area contributed by atoms with Crippen LogP contribution in [-0.4, -0.2) is 41.4 Å². The van der Waals surface area contributed by atoms with Crippen LogP contribution in [0, 0.1) is 0 Å². The molecule has 2 rings (SSSR count). The fourth-order valence-corrected chi connectivity index (χ4v) is 2.54. The molecule has 0 radical (unpaired) electrons. The third-order valence-corrected chi connectivity index (χ3v) is 4.16. The van der Waals surface area contributed by atoms with E-state index in [4.69, 9.17) is 14.2 Å². The summed E-state index contributed by atoms with van der Waals surface area (Å²) in [6.07, 6.45) is 0.447. The number of ether oxygens (including phenoxy) is 3. The number of carbonyl (C=O) groups excluding carboxylic acids is 1. The van der Waals surface area contributed by atoms with E-state index in [9.17, 15) is 14.4 Å². The summed E-state index contributed by atoms with van der Waals surface area (Å²) in [5, 5.41) is 0. The molecule has 0 amide bonds. The van der Waals surface area contributed by atoms with Crippen LogP contribution < -0.4 is 11.2 Å². The molecule has 0 fully saturated rings. The van der Waals surface area contributed by atoms with E-state index in [2.05, 4.69) is 4.98 Å². The number of nitrogens with one attached hydrogen (secondary N) is 1. The number of hydrogen-bond acceptors (Lipinski definition) is 6. The molecule has 27 heavy (non-hydrogen) atoms. The summed E-state index contributed by atoms with van der Waals surface area (Å²) in [7, 11) is 1.56. The normalized spacial score (nSPS) is 14.3. The lowest BCUT2D eigenvalue weighted by Crippen LogP contribution is -2.39. The van der Waals surface area contributed by atoms with Crippen molar-refractivity contribution < 1.29 is 19.0 Å². The Morgan fingerprint density at radius 1 is 1.19 bits per heavy atom. The van der Waals surface area contributed by atoms with Crippen LogP contribution in [0.2, 0.25) is 0 Å². The molecule has 0 spiro atoms. The predicted molar refractivity (Wildman–Crippen MR) is 98.7 cm³/mol. The van der Waals surface area contributed by atoms with Gasteiger partial charge in [-0.25, -0.2) is 9.59 Å². The lowest BCUT2D eigenvalue weighted by Gasteiger charge is -2.28. The average Bonchev–Trinajstić information content (AvgIpc) is 2.68. The number of esters is 1. The number of H-pyrrole nitrogens is 1. The summed E-state index contributed by atoms with van der Waals surface area (Å²) in [5.41, 5.74) is -0.779. The van der Waals surface area contributed by atoms with E-state index in [-0.39, 0.29) is 18.8 Å². The van der Waals surface area contributed by atoms with Crippen LogP contribution in [0.15, 0.2) is 52.2 Å². The lowest BCUT2D eigenvalue weighted by molar-refractivity contribution is -0.129. The molecule has 0 saturated heterocycles. The summed E-state index contributed by atoms with van der Waals surface area (Å²) < 4.78 is 17.8. The van der Waals surface area contributed by atoms with Crippen molar-refractivity contribution in [1.29, 1.82) is 0 Å². The summed E-state index contributed by atoms with van der Waals surface area (Å²) in [6.45, 7) is 3.56. The maximum atomic E-state index is 12.2. The third-order valence-electron chi connectivity index (χ3n) is 4.16. The van der Waals surface area contributed by atoms with Gasteiger partial charge in [-0.3, -0.25) is 14.3 Å². The third kappa shape index (κ3) is 5.63. The Bertz CT molecular complexity index is 845. The Morgan fingerprint density at radius 3 is 2.48 bits per heavy atom. The van der Waals surface area contributed by atoms with E-state index >= 15 is 0 Å². The highest BCUT2D eigenvalue weighted by molar-refractivity contribution is 5.89. The molecule has 2 aromatic rings. The van der Waals surface area contributed by atoms with E-state index < -0.39 is 23.4 Å². The first-order valence-electron chi connectivity index (χ1n) is 8.68. The fraction of sp³-hybridized carbons (Fsp3) is 0.421. The Labute approximate surface area is 156 Å². The SMILES string of the molecule is CCC(OC(COC(=O)c1ccccc1)n1ccc(=O)[nH]c1=O)[C@H](C)OC. The zero-order valence-corrected chi connectivity index (χ0v) is 15.6. The highest BCUT2D eigenvalue weighted by atomic mass is 16.6. The molecule has 0 saturated carbocycles. The van der Waals surface area contributed by atoms with Gasteiger partial charge in [-0.05, 0) is 25.5 Å². The van der Waals surface area contributed by atoms with Gasteiger partial charge in [0.2, 0.25) is 0 Å². The van der Waals surface area contributed by atoms with Gasteiger partial charge in [-0.15, -0.1) is 0 Å². The van der Waals surface area contributed by atoms with Gasteiger partial charge in [-0.1, -0.05) is 25.1 Å².